The fraction of sp³-hybridized carbons (Fsp3) is 0.778. The predicted octanol–water partition coefficient (Wildman–Crippen LogP) is 2.91. The molecule has 1 atom stereocenters. The van der Waals surface area contributed by atoms with Crippen molar-refractivity contribution in [1.82, 2.24) is 10.2 Å². The zero-order valence-electron chi connectivity index (χ0n) is 13.6. The quantitative estimate of drug-likeness (QED) is 0.848. The normalized spacial score (nSPS) is 24.7. The van der Waals surface area contributed by atoms with Crippen LogP contribution in [-0.4, -0.2) is 35.7 Å². The smallest absolute Gasteiger partial charge is 0.129 e. The summed E-state index contributed by atoms with van der Waals surface area (Å²) in [5.41, 5.74) is 0. The van der Waals surface area contributed by atoms with Gasteiger partial charge in [-0.1, -0.05) is 19.3 Å². The van der Waals surface area contributed by atoms with Gasteiger partial charge in [0.05, 0.1) is 6.54 Å². The van der Waals surface area contributed by atoms with Gasteiger partial charge in [-0.05, 0) is 50.3 Å². The molecule has 3 rings (SSSR count). The van der Waals surface area contributed by atoms with E-state index >= 15 is 0 Å². The molecule has 124 valence electrons. The summed E-state index contributed by atoms with van der Waals surface area (Å²) in [6.45, 7) is 4.49. The van der Waals surface area contributed by atoms with Crippen LogP contribution in [0.4, 0.5) is 0 Å². The van der Waals surface area contributed by atoms with Gasteiger partial charge < -0.3 is 19.7 Å². The summed E-state index contributed by atoms with van der Waals surface area (Å²) in [6, 6.07) is 4.38. The molecule has 4 heteroatoms. The van der Waals surface area contributed by atoms with Gasteiger partial charge in [0, 0.05) is 19.1 Å². The van der Waals surface area contributed by atoms with Crippen LogP contribution in [0.3, 0.4) is 0 Å². The van der Waals surface area contributed by atoms with Gasteiger partial charge in [-0.25, -0.2) is 0 Å². The van der Waals surface area contributed by atoms with Gasteiger partial charge in [-0.3, -0.25) is 0 Å². The van der Waals surface area contributed by atoms with Crippen molar-refractivity contribution in [2.75, 3.05) is 19.6 Å². The average molecular weight is 306 g/mol. The maximum atomic E-state index is 9.04. The third-order valence-electron chi connectivity index (χ3n) is 5.18. The van der Waals surface area contributed by atoms with Gasteiger partial charge in [0.25, 0.3) is 0 Å². The van der Waals surface area contributed by atoms with Gasteiger partial charge in [0.2, 0.25) is 0 Å². The molecule has 2 N–H and O–H groups in total. The van der Waals surface area contributed by atoms with Crippen molar-refractivity contribution < 1.29 is 9.52 Å². The van der Waals surface area contributed by atoms with E-state index < -0.39 is 0 Å². The fourth-order valence-corrected chi connectivity index (χ4v) is 3.97. The van der Waals surface area contributed by atoms with Crippen LogP contribution in [0, 0.1) is 5.92 Å². The van der Waals surface area contributed by atoms with Crippen molar-refractivity contribution in [1.29, 1.82) is 0 Å². The van der Waals surface area contributed by atoms with E-state index in [2.05, 4.69) is 10.2 Å². The summed E-state index contributed by atoms with van der Waals surface area (Å²) < 4.78 is 5.55. The first-order valence-corrected chi connectivity index (χ1v) is 8.97. The van der Waals surface area contributed by atoms with Crippen LogP contribution in [-0.2, 0) is 13.2 Å². The molecule has 1 aliphatic carbocycles. The Bertz CT molecular complexity index is 440. The summed E-state index contributed by atoms with van der Waals surface area (Å²) in [7, 11) is 0. The standard InChI is InChI=1S/C18H30N2O2/c21-14-18-9-8-17(22-18)11-19-16-7-4-10-20(13-16)12-15-5-2-1-3-6-15/h8-9,15-16,19,21H,1-7,10-14H2. The maximum absolute atomic E-state index is 9.04. The Kier molecular flexibility index (Phi) is 5.93. The molecule has 1 aromatic rings. The molecule has 0 spiro atoms. The van der Waals surface area contributed by atoms with Crippen LogP contribution in [0.2, 0.25) is 0 Å². The second kappa shape index (κ2) is 8.14. The molecule has 1 aromatic heterocycles. The molecule has 2 aliphatic rings. The first-order valence-electron chi connectivity index (χ1n) is 8.97. The Balaban J connectivity index is 1.41. The monoisotopic (exact) mass is 306 g/mol. The van der Waals surface area contributed by atoms with Crippen LogP contribution in [0.1, 0.15) is 56.5 Å². The SMILES string of the molecule is OCc1ccc(CNC2CCCN(CC3CCCCC3)C2)o1. The van der Waals surface area contributed by atoms with Crippen molar-refractivity contribution in [2.45, 2.75) is 64.1 Å². The summed E-state index contributed by atoms with van der Waals surface area (Å²) in [6.07, 6.45) is 9.74. The number of rotatable bonds is 6. The number of nitrogens with one attached hydrogen (secondary N) is 1. The average Bonchev–Trinajstić information content (AvgIpc) is 3.02. The Hall–Kier alpha value is -0.840. The lowest BCUT2D eigenvalue weighted by Gasteiger charge is -2.36. The third-order valence-corrected chi connectivity index (χ3v) is 5.18. The Labute approximate surface area is 133 Å². The van der Waals surface area contributed by atoms with Crippen LogP contribution in [0.15, 0.2) is 16.5 Å². The highest BCUT2D eigenvalue weighted by atomic mass is 16.4. The van der Waals surface area contributed by atoms with E-state index in [1.807, 2.05) is 12.1 Å². The highest BCUT2D eigenvalue weighted by molar-refractivity contribution is 5.06. The predicted molar refractivity (Wildman–Crippen MR) is 87.5 cm³/mol. The number of piperidine rings is 1. The van der Waals surface area contributed by atoms with E-state index in [0.717, 1.165) is 18.2 Å². The molecule has 1 aliphatic heterocycles. The zero-order chi connectivity index (χ0) is 15.2. The van der Waals surface area contributed by atoms with Gasteiger partial charge in [0.1, 0.15) is 18.1 Å². The maximum Gasteiger partial charge on any atom is 0.129 e. The van der Waals surface area contributed by atoms with Crippen LogP contribution in [0.25, 0.3) is 0 Å². The first kappa shape index (κ1) is 16.0. The van der Waals surface area contributed by atoms with Gasteiger partial charge in [0.15, 0.2) is 0 Å². The van der Waals surface area contributed by atoms with Crippen molar-refractivity contribution in [3.8, 4) is 0 Å². The molecular formula is C18H30N2O2. The third kappa shape index (κ3) is 4.58. The summed E-state index contributed by atoms with van der Waals surface area (Å²) in [5, 5.41) is 12.7. The Morgan fingerprint density at radius 2 is 1.91 bits per heavy atom. The molecule has 22 heavy (non-hydrogen) atoms. The summed E-state index contributed by atoms with van der Waals surface area (Å²) in [4.78, 5) is 2.67. The van der Waals surface area contributed by atoms with Gasteiger partial charge in [-0.15, -0.1) is 0 Å². The molecular weight excluding hydrogens is 276 g/mol. The van der Waals surface area contributed by atoms with E-state index in [1.165, 1.54) is 64.6 Å². The minimum atomic E-state index is -0.0153. The fourth-order valence-electron chi connectivity index (χ4n) is 3.97. The minimum Gasteiger partial charge on any atom is -0.462 e. The number of aliphatic hydroxyl groups excluding tert-OH is 1. The molecule has 2 fully saturated rings. The van der Waals surface area contributed by atoms with E-state index in [0.29, 0.717) is 11.8 Å². The molecule has 0 amide bonds. The topological polar surface area (TPSA) is 48.6 Å². The van der Waals surface area contributed by atoms with Crippen molar-refractivity contribution >= 4 is 0 Å². The minimum absolute atomic E-state index is 0.0153. The van der Waals surface area contributed by atoms with E-state index in [9.17, 15) is 0 Å². The second-order valence-electron chi connectivity index (χ2n) is 7.01. The number of aliphatic hydroxyl groups is 1. The van der Waals surface area contributed by atoms with E-state index in [-0.39, 0.29) is 6.61 Å². The lowest BCUT2D eigenvalue weighted by atomic mass is 9.88. The number of likely N-dealkylation sites (tertiary alicyclic amines) is 1. The van der Waals surface area contributed by atoms with Crippen LogP contribution in [0.5, 0.6) is 0 Å². The van der Waals surface area contributed by atoms with Crippen molar-refractivity contribution in [2.24, 2.45) is 5.92 Å². The second-order valence-corrected chi connectivity index (χ2v) is 7.01. The summed E-state index contributed by atoms with van der Waals surface area (Å²) >= 11 is 0. The summed E-state index contributed by atoms with van der Waals surface area (Å²) in [5.74, 6) is 2.51. The van der Waals surface area contributed by atoms with Crippen LogP contribution >= 0.6 is 0 Å². The number of furan rings is 1. The van der Waals surface area contributed by atoms with Gasteiger partial charge >= 0.3 is 0 Å². The number of hydrogen-bond donors (Lipinski definition) is 2. The van der Waals surface area contributed by atoms with E-state index in [1.54, 1.807) is 0 Å². The Morgan fingerprint density at radius 1 is 1.09 bits per heavy atom. The lowest BCUT2D eigenvalue weighted by Crippen LogP contribution is -2.46. The van der Waals surface area contributed by atoms with E-state index in [4.69, 9.17) is 9.52 Å². The number of hydrogen-bond acceptors (Lipinski definition) is 4. The van der Waals surface area contributed by atoms with Crippen molar-refractivity contribution in [3.63, 3.8) is 0 Å². The molecule has 1 saturated carbocycles. The molecule has 0 radical (unpaired) electrons. The molecule has 1 saturated heterocycles. The number of nitrogens with zero attached hydrogens (tertiary/aromatic N) is 1. The highest BCUT2D eigenvalue weighted by Gasteiger charge is 2.23. The molecule has 4 nitrogen and oxygen atoms in total. The zero-order valence-corrected chi connectivity index (χ0v) is 13.6. The molecule has 0 bridgehead atoms. The van der Waals surface area contributed by atoms with Crippen molar-refractivity contribution in [3.05, 3.63) is 23.7 Å². The first-order chi connectivity index (χ1) is 10.8. The largest absolute Gasteiger partial charge is 0.462 e. The van der Waals surface area contributed by atoms with Gasteiger partial charge in [-0.2, -0.15) is 0 Å². The molecule has 2 heterocycles. The molecule has 0 aromatic carbocycles. The molecule has 1 unspecified atom stereocenters. The highest BCUT2D eigenvalue weighted by Crippen LogP contribution is 2.25. The Morgan fingerprint density at radius 3 is 2.68 bits per heavy atom. The lowest BCUT2D eigenvalue weighted by molar-refractivity contribution is 0.148. The van der Waals surface area contributed by atoms with Crippen LogP contribution < -0.4 is 5.32 Å².